The maximum atomic E-state index is 5.07. The fourth-order valence-corrected chi connectivity index (χ4v) is 0.248. The van der Waals surface area contributed by atoms with Gasteiger partial charge in [0, 0.05) is 7.11 Å². The van der Waals surface area contributed by atoms with E-state index in [-0.39, 0.29) is 0 Å². The predicted octanol–water partition coefficient (Wildman–Crippen LogP) is -0.402. The molecule has 2 nitrogen and oxygen atoms in total. The molecule has 0 unspecified atom stereocenters. The van der Waals surface area contributed by atoms with Crippen LogP contribution in [0.5, 0.6) is 0 Å². The van der Waals surface area contributed by atoms with Crippen LogP contribution in [0.1, 0.15) is 0 Å². The van der Waals surface area contributed by atoms with Crippen LogP contribution in [0.3, 0.4) is 0 Å². The lowest BCUT2D eigenvalue weighted by atomic mass is 10.5. The summed E-state index contributed by atoms with van der Waals surface area (Å²) in [4.78, 5) is 0. The van der Waals surface area contributed by atoms with Crippen LogP contribution in [0, 0.1) is 23.7 Å². The zero-order valence-corrected chi connectivity index (χ0v) is 5.40. The van der Waals surface area contributed by atoms with Crippen LogP contribution in [0.4, 0.5) is 0 Å². The minimum Gasteiger partial charge on any atom is -0.372 e. The van der Waals surface area contributed by atoms with Crippen molar-refractivity contribution in [3.05, 3.63) is 0 Å². The van der Waals surface area contributed by atoms with Crippen LogP contribution >= 0.6 is 0 Å². The van der Waals surface area contributed by atoms with Gasteiger partial charge in [-0.1, -0.05) is 11.8 Å². The number of ether oxygens (including phenoxy) is 1. The summed E-state index contributed by atoms with van der Waals surface area (Å²) >= 11 is 0. The van der Waals surface area contributed by atoms with E-state index in [1.807, 2.05) is 0 Å². The van der Waals surface area contributed by atoms with Gasteiger partial charge >= 0.3 is 0 Å². The molecule has 0 fully saturated rings. The van der Waals surface area contributed by atoms with Crippen molar-refractivity contribution in [1.82, 2.24) is 0 Å². The third kappa shape index (κ3) is 7.04. The summed E-state index contributed by atoms with van der Waals surface area (Å²) in [6.45, 7) is 0.793. The number of methoxy groups -OCH3 is 1. The van der Waals surface area contributed by atoms with E-state index in [4.69, 9.17) is 5.73 Å². The van der Waals surface area contributed by atoms with Crippen molar-refractivity contribution in [2.45, 2.75) is 0 Å². The Kier molecular flexibility index (Phi) is 6.29. The van der Waals surface area contributed by atoms with Gasteiger partial charge in [-0.15, -0.1) is 0 Å². The molecule has 0 aliphatic heterocycles. The third-order valence-corrected chi connectivity index (χ3v) is 0.558. The second-order valence-corrected chi connectivity index (χ2v) is 1.24. The smallest absolute Gasteiger partial charge is 0.108 e. The lowest BCUT2D eigenvalue weighted by molar-refractivity contribution is 0.240. The van der Waals surface area contributed by atoms with Crippen LogP contribution in [-0.2, 0) is 4.74 Å². The summed E-state index contributed by atoms with van der Waals surface area (Å²) in [6.07, 6.45) is 0. The van der Waals surface area contributed by atoms with E-state index in [0.29, 0.717) is 13.2 Å². The molecule has 9 heavy (non-hydrogen) atoms. The highest BCUT2D eigenvalue weighted by atomic mass is 16.5. The molecule has 0 spiro atoms. The average molecular weight is 123 g/mol. The summed E-state index contributed by atoms with van der Waals surface area (Å²) in [6, 6.07) is 0. The maximum absolute atomic E-state index is 5.07. The van der Waals surface area contributed by atoms with Gasteiger partial charge in [-0.2, -0.15) is 0 Å². The number of rotatable bonds is 1. The molecule has 48 valence electrons. The molecular formula is C7H9NO. The lowest BCUT2D eigenvalue weighted by Crippen LogP contribution is -1.92. The van der Waals surface area contributed by atoms with Gasteiger partial charge in [0.05, 0.1) is 6.54 Å². The van der Waals surface area contributed by atoms with Crippen molar-refractivity contribution < 1.29 is 4.74 Å². The van der Waals surface area contributed by atoms with Crippen LogP contribution in [0.25, 0.3) is 0 Å². The maximum Gasteiger partial charge on any atom is 0.108 e. The molecular weight excluding hydrogens is 114 g/mol. The van der Waals surface area contributed by atoms with Crippen molar-refractivity contribution >= 4 is 0 Å². The topological polar surface area (TPSA) is 35.2 Å². The zero-order valence-electron chi connectivity index (χ0n) is 5.40. The normalized spacial score (nSPS) is 6.44. The van der Waals surface area contributed by atoms with E-state index in [1.165, 1.54) is 0 Å². The van der Waals surface area contributed by atoms with E-state index in [0.717, 1.165) is 0 Å². The molecule has 0 saturated carbocycles. The van der Waals surface area contributed by atoms with Crippen molar-refractivity contribution in [2.24, 2.45) is 5.73 Å². The Morgan fingerprint density at radius 1 is 1.33 bits per heavy atom. The Bertz CT molecular complexity index is 165. The van der Waals surface area contributed by atoms with Gasteiger partial charge in [0.2, 0.25) is 0 Å². The van der Waals surface area contributed by atoms with Crippen molar-refractivity contribution in [1.29, 1.82) is 0 Å². The molecule has 2 heteroatoms. The van der Waals surface area contributed by atoms with Crippen LogP contribution in [-0.4, -0.2) is 20.3 Å². The highest BCUT2D eigenvalue weighted by Crippen LogP contribution is 1.59. The molecule has 0 amide bonds. The molecule has 0 aliphatic rings. The van der Waals surface area contributed by atoms with Gasteiger partial charge in [0.25, 0.3) is 0 Å². The van der Waals surface area contributed by atoms with Crippen molar-refractivity contribution in [2.75, 3.05) is 20.3 Å². The number of hydrogen-bond acceptors (Lipinski definition) is 2. The monoisotopic (exact) mass is 123 g/mol. The highest BCUT2D eigenvalue weighted by Gasteiger charge is 1.63. The molecule has 0 heterocycles. The Morgan fingerprint density at radius 3 is 2.56 bits per heavy atom. The molecule has 0 saturated heterocycles. The lowest BCUT2D eigenvalue weighted by Gasteiger charge is -1.78. The molecule has 0 aromatic rings. The zero-order chi connectivity index (χ0) is 6.95. The molecule has 0 bridgehead atoms. The van der Waals surface area contributed by atoms with Gasteiger partial charge in [-0.05, 0) is 11.8 Å². The Labute approximate surface area is 55.4 Å². The summed E-state index contributed by atoms with van der Waals surface area (Å²) < 4.78 is 4.65. The first kappa shape index (κ1) is 8.04. The minimum atomic E-state index is 0.363. The predicted molar refractivity (Wildman–Crippen MR) is 36.5 cm³/mol. The van der Waals surface area contributed by atoms with E-state index < -0.39 is 0 Å². The largest absolute Gasteiger partial charge is 0.372 e. The van der Waals surface area contributed by atoms with Gasteiger partial charge < -0.3 is 10.5 Å². The Hall–Kier alpha value is -0.960. The SMILES string of the molecule is COCC#CC#CCN. The van der Waals surface area contributed by atoms with Crippen LogP contribution in [0.2, 0.25) is 0 Å². The van der Waals surface area contributed by atoms with Crippen LogP contribution < -0.4 is 5.73 Å². The second-order valence-electron chi connectivity index (χ2n) is 1.24. The van der Waals surface area contributed by atoms with Gasteiger partial charge in [0.1, 0.15) is 6.61 Å². The molecule has 0 aliphatic carbocycles. The average Bonchev–Trinajstić information content (AvgIpc) is 1.89. The number of nitrogens with two attached hydrogens (primary N) is 1. The summed E-state index contributed by atoms with van der Waals surface area (Å²) in [5.41, 5.74) is 5.07. The molecule has 0 aromatic heterocycles. The Morgan fingerprint density at radius 2 is 2.00 bits per heavy atom. The summed E-state index contributed by atoms with van der Waals surface area (Å²) in [5.74, 6) is 10.4. The molecule has 2 N–H and O–H groups in total. The first-order chi connectivity index (χ1) is 4.41. The van der Waals surface area contributed by atoms with Crippen molar-refractivity contribution in [3.63, 3.8) is 0 Å². The second kappa shape index (κ2) is 7.04. The molecule has 0 atom stereocenters. The van der Waals surface area contributed by atoms with E-state index >= 15 is 0 Å². The van der Waals surface area contributed by atoms with E-state index in [9.17, 15) is 0 Å². The van der Waals surface area contributed by atoms with E-state index in [1.54, 1.807) is 7.11 Å². The Balaban J connectivity index is 3.36. The fraction of sp³-hybridized carbons (Fsp3) is 0.429. The van der Waals surface area contributed by atoms with Crippen molar-refractivity contribution in [3.8, 4) is 23.7 Å². The van der Waals surface area contributed by atoms with Crippen LogP contribution in [0.15, 0.2) is 0 Å². The number of hydrogen-bond donors (Lipinski definition) is 1. The first-order valence-electron chi connectivity index (χ1n) is 2.56. The molecule has 0 aromatic carbocycles. The third-order valence-electron chi connectivity index (χ3n) is 0.558. The van der Waals surface area contributed by atoms with Gasteiger partial charge in [-0.25, -0.2) is 0 Å². The van der Waals surface area contributed by atoms with Gasteiger partial charge in [0.15, 0.2) is 0 Å². The minimum absolute atomic E-state index is 0.363. The summed E-state index contributed by atoms with van der Waals surface area (Å²) in [7, 11) is 1.59. The standard InChI is InChI=1S/C7H9NO/c1-9-7-5-3-2-4-6-8/h6-8H2,1H3. The molecule has 0 rings (SSSR count). The fourth-order valence-electron chi connectivity index (χ4n) is 0.248. The molecule has 0 radical (unpaired) electrons. The first-order valence-corrected chi connectivity index (χ1v) is 2.56. The highest BCUT2D eigenvalue weighted by molar-refractivity contribution is 5.26. The quantitative estimate of drug-likeness (QED) is 0.481. The summed E-state index contributed by atoms with van der Waals surface area (Å²) in [5, 5.41) is 0. The van der Waals surface area contributed by atoms with Gasteiger partial charge in [-0.3, -0.25) is 0 Å². The van der Waals surface area contributed by atoms with E-state index in [2.05, 4.69) is 28.4 Å².